The van der Waals surface area contributed by atoms with Gasteiger partial charge in [0.25, 0.3) is 0 Å². The fourth-order valence-corrected chi connectivity index (χ4v) is 8.46. The molecule has 2 heterocycles. The molecule has 1 aliphatic heterocycles. The van der Waals surface area contributed by atoms with Crippen molar-refractivity contribution >= 4 is 27.7 Å². The van der Waals surface area contributed by atoms with E-state index >= 15 is 0 Å². The van der Waals surface area contributed by atoms with Crippen LogP contribution in [0.25, 0.3) is 0 Å². The van der Waals surface area contributed by atoms with Crippen LogP contribution in [-0.2, 0) is 16.9 Å². The van der Waals surface area contributed by atoms with Crippen molar-refractivity contribution in [1.82, 2.24) is 19.6 Å². The Bertz CT molecular complexity index is 1180. The zero-order valence-corrected chi connectivity index (χ0v) is 21.8. The zero-order valence-electron chi connectivity index (χ0n) is 20.2. The highest BCUT2D eigenvalue weighted by atomic mass is 79.9. The van der Waals surface area contributed by atoms with Crippen molar-refractivity contribution in [3.63, 3.8) is 0 Å². The molecule has 192 valence electrons. The predicted octanol–water partition coefficient (Wildman–Crippen LogP) is 4.72. The number of amides is 1. The van der Waals surface area contributed by atoms with Gasteiger partial charge in [-0.3, -0.25) is 9.69 Å². The summed E-state index contributed by atoms with van der Waals surface area (Å²) in [5.74, 6) is 0.980. The van der Waals surface area contributed by atoms with Gasteiger partial charge in [0.05, 0.1) is 16.8 Å². The molecule has 7 rings (SSSR count). The van der Waals surface area contributed by atoms with Crippen molar-refractivity contribution < 1.29 is 14.1 Å². The minimum absolute atomic E-state index is 0.0569. The SMILES string of the molecule is O=C(CC12CC3CC(C1)CC(n1cc(Br)c([N+](=O)[O-])n1)(C3)C2)N1CCN(Cc2ccccc2F)CC1. The molecular formula is C26H31BrFN5O3. The van der Waals surface area contributed by atoms with Crippen LogP contribution in [0, 0.1) is 33.2 Å². The van der Waals surface area contributed by atoms with Gasteiger partial charge in [0.15, 0.2) is 0 Å². The highest BCUT2D eigenvalue weighted by Gasteiger charge is 2.60. The summed E-state index contributed by atoms with van der Waals surface area (Å²) in [6.45, 7) is 3.38. The molecule has 0 radical (unpaired) electrons. The second-order valence-electron chi connectivity index (χ2n) is 11.6. The van der Waals surface area contributed by atoms with Crippen molar-refractivity contribution in [1.29, 1.82) is 0 Å². The van der Waals surface area contributed by atoms with Crippen molar-refractivity contribution in [2.24, 2.45) is 17.3 Å². The highest BCUT2D eigenvalue weighted by Crippen LogP contribution is 2.65. The average Bonchev–Trinajstić information content (AvgIpc) is 3.23. The van der Waals surface area contributed by atoms with Crippen molar-refractivity contribution in [3.05, 3.63) is 56.4 Å². The van der Waals surface area contributed by atoms with Crippen LogP contribution in [0.5, 0.6) is 0 Å². The maximum atomic E-state index is 14.0. The Kier molecular flexibility index (Phi) is 5.94. The third-order valence-electron chi connectivity index (χ3n) is 9.07. The van der Waals surface area contributed by atoms with Crippen LogP contribution in [-0.4, -0.2) is 56.6 Å². The topological polar surface area (TPSA) is 84.5 Å². The van der Waals surface area contributed by atoms with Crippen LogP contribution in [0.2, 0.25) is 0 Å². The number of hydrogen-bond donors (Lipinski definition) is 0. The Balaban J connectivity index is 1.13. The molecule has 1 saturated heterocycles. The van der Waals surface area contributed by atoms with Crippen LogP contribution in [0.1, 0.15) is 50.5 Å². The summed E-state index contributed by atoms with van der Waals surface area (Å²) in [6.07, 6.45) is 8.46. The van der Waals surface area contributed by atoms with Crippen molar-refractivity contribution in [3.8, 4) is 0 Å². The monoisotopic (exact) mass is 559 g/mol. The summed E-state index contributed by atoms with van der Waals surface area (Å²) < 4.78 is 16.3. The molecule has 2 unspecified atom stereocenters. The molecule has 0 N–H and O–H groups in total. The number of nitrogens with zero attached hydrogens (tertiary/aromatic N) is 5. The summed E-state index contributed by atoms with van der Waals surface area (Å²) in [6, 6.07) is 6.88. The van der Waals surface area contributed by atoms with E-state index in [4.69, 9.17) is 0 Å². The average molecular weight is 560 g/mol. The van der Waals surface area contributed by atoms with Gasteiger partial charge in [-0.15, -0.1) is 0 Å². The molecule has 4 bridgehead atoms. The first-order valence-electron chi connectivity index (χ1n) is 12.9. The first-order chi connectivity index (χ1) is 17.2. The van der Waals surface area contributed by atoms with Crippen molar-refractivity contribution in [2.45, 2.75) is 57.0 Å². The van der Waals surface area contributed by atoms with Gasteiger partial charge >= 0.3 is 5.82 Å². The molecule has 4 saturated carbocycles. The summed E-state index contributed by atoms with van der Waals surface area (Å²) in [5.41, 5.74) is 0.403. The van der Waals surface area contributed by atoms with Gasteiger partial charge in [-0.2, -0.15) is 4.68 Å². The Morgan fingerprint density at radius 3 is 2.47 bits per heavy atom. The number of piperazine rings is 1. The van der Waals surface area contributed by atoms with E-state index in [1.165, 1.54) is 12.5 Å². The molecule has 36 heavy (non-hydrogen) atoms. The minimum Gasteiger partial charge on any atom is -0.358 e. The molecule has 1 amide bonds. The second kappa shape index (κ2) is 8.90. The summed E-state index contributed by atoms with van der Waals surface area (Å²) >= 11 is 3.32. The first kappa shape index (κ1) is 24.0. The van der Waals surface area contributed by atoms with E-state index in [1.54, 1.807) is 12.3 Å². The summed E-state index contributed by atoms with van der Waals surface area (Å²) in [7, 11) is 0. The van der Waals surface area contributed by atoms with Crippen LogP contribution in [0.4, 0.5) is 10.2 Å². The number of halogens is 2. The van der Waals surface area contributed by atoms with E-state index in [2.05, 4.69) is 25.9 Å². The highest BCUT2D eigenvalue weighted by molar-refractivity contribution is 9.10. The Hall–Kier alpha value is -2.33. The lowest BCUT2D eigenvalue weighted by Crippen LogP contribution is -2.58. The Labute approximate surface area is 218 Å². The number of rotatable bonds is 6. The first-order valence-corrected chi connectivity index (χ1v) is 13.7. The molecule has 2 atom stereocenters. The second-order valence-corrected chi connectivity index (χ2v) is 12.5. The van der Waals surface area contributed by atoms with Crippen LogP contribution in [0.15, 0.2) is 34.9 Å². The van der Waals surface area contributed by atoms with E-state index in [-0.39, 0.29) is 28.5 Å². The standard InChI is InChI=1S/C26H31BrFN5O3/c27-21-16-32(29-24(21)33(35)36)26-12-18-9-19(13-26)11-25(10-18,17-26)14-23(34)31-7-5-30(6-8-31)15-20-3-1-2-4-22(20)28/h1-4,16,18-19H,5-15,17H2. The van der Waals surface area contributed by atoms with Gasteiger partial charge in [-0.05, 0) is 82.7 Å². The minimum atomic E-state index is -0.438. The summed E-state index contributed by atoms with van der Waals surface area (Å²) in [5, 5.41) is 15.8. The third-order valence-corrected chi connectivity index (χ3v) is 9.62. The molecule has 8 nitrogen and oxygen atoms in total. The number of aromatic nitrogens is 2. The van der Waals surface area contributed by atoms with Gasteiger partial charge < -0.3 is 15.0 Å². The number of carbonyl (C=O) groups excluding carboxylic acids is 1. The Morgan fingerprint density at radius 2 is 1.83 bits per heavy atom. The smallest absolute Gasteiger partial charge is 0.358 e. The lowest BCUT2D eigenvalue weighted by molar-refractivity contribution is -0.390. The van der Waals surface area contributed by atoms with Crippen LogP contribution >= 0.6 is 15.9 Å². The quantitative estimate of drug-likeness (QED) is 0.377. The van der Waals surface area contributed by atoms with E-state index in [0.29, 0.717) is 47.9 Å². The van der Waals surface area contributed by atoms with Crippen LogP contribution in [0.3, 0.4) is 0 Å². The lowest BCUT2D eigenvalue weighted by atomic mass is 9.46. The molecule has 2 aromatic rings. The van der Waals surface area contributed by atoms with E-state index in [9.17, 15) is 19.3 Å². The molecule has 5 fully saturated rings. The fourth-order valence-electron chi connectivity index (χ4n) is 8.04. The molecule has 1 aromatic heterocycles. The largest absolute Gasteiger partial charge is 0.404 e. The number of hydrogen-bond acceptors (Lipinski definition) is 5. The molecule has 0 spiro atoms. The molecule has 1 aromatic carbocycles. The lowest BCUT2D eigenvalue weighted by Gasteiger charge is -2.61. The fraction of sp³-hybridized carbons (Fsp3) is 0.615. The number of nitro groups is 1. The van der Waals surface area contributed by atoms with Gasteiger partial charge in [0, 0.05) is 44.7 Å². The molecule has 5 aliphatic rings. The Morgan fingerprint density at radius 1 is 1.14 bits per heavy atom. The third kappa shape index (κ3) is 4.26. The van der Waals surface area contributed by atoms with Gasteiger partial charge in [0.1, 0.15) is 10.3 Å². The number of benzene rings is 1. The maximum Gasteiger partial charge on any atom is 0.404 e. The van der Waals surface area contributed by atoms with Gasteiger partial charge in [-0.25, -0.2) is 4.39 Å². The maximum absolute atomic E-state index is 14.0. The van der Waals surface area contributed by atoms with E-state index < -0.39 is 4.92 Å². The molecule has 10 heteroatoms. The predicted molar refractivity (Wildman–Crippen MR) is 135 cm³/mol. The van der Waals surface area contributed by atoms with Gasteiger partial charge in [-0.1, -0.05) is 18.2 Å². The molecule has 4 aliphatic carbocycles. The molecular weight excluding hydrogens is 529 g/mol. The normalized spacial score (nSPS) is 31.7. The van der Waals surface area contributed by atoms with E-state index in [0.717, 1.165) is 45.2 Å². The van der Waals surface area contributed by atoms with Crippen molar-refractivity contribution in [2.75, 3.05) is 26.2 Å². The van der Waals surface area contributed by atoms with E-state index in [1.807, 2.05) is 21.7 Å². The van der Waals surface area contributed by atoms with Crippen LogP contribution < -0.4 is 0 Å². The number of carbonyl (C=O) groups is 1. The van der Waals surface area contributed by atoms with Gasteiger partial charge in [0.2, 0.25) is 5.91 Å². The summed E-state index contributed by atoms with van der Waals surface area (Å²) in [4.78, 5) is 28.7. The zero-order chi connectivity index (χ0) is 25.1.